The van der Waals surface area contributed by atoms with Crippen molar-refractivity contribution in [3.8, 4) is 0 Å². The first-order chi connectivity index (χ1) is 5.25. The van der Waals surface area contributed by atoms with Crippen molar-refractivity contribution in [3.05, 3.63) is 29.3 Å². The maximum atomic E-state index is 10.4. The summed E-state index contributed by atoms with van der Waals surface area (Å²) in [6.45, 7) is 0. The van der Waals surface area contributed by atoms with Gasteiger partial charge in [0.05, 0.1) is 0 Å². The summed E-state index contributed by atoms with van der Waals surface area (Å²) in [5.41, 5.74) is 0. The molecule has 1 aliphatic carbocycles. The van der Waals surface area contributed by atoms with Crippen LogP contribution < -0.4 is 0 Å². The molecule has 0 saturated carbocycles. The van der Waals surface area contributed by atoms with E-state index in [4.69, 9.17) is 5.39 Å². The van der Waals surface area contributed by atoms with Crippen LogP contribution in [0, 0.1) is 5.39 Å². The summed E-state index contributed by atoms with van der Waals surface area (Å²) >= 11 is 0. The van der Waals surface area contributed by atoms with Crippen LogP contribution >= 0.6 is 0 Å². The third-order valence-corrected chi connectivity index (χ3v) is 2.04. The molecule has 0 spiro atoms. The van der Waals surface area contributed by atoms with Gasteiger partial charge in [0.15, 0.2) is 4.86 Å². The van der Waals surface area contributed by atoms with E-state index in [1.807, 2.05) is 0 Å². The van der Waals surface area contributed by atoms with Gasteiger partial charge in [-0.15, -0.1) is 0 Å². The minimum absolute atomic E-state index is 0. The largest absolute Gasteiger partial charge is 0.870 e. The van der Waals surface area contributed by atoms with Crippen LogP contribution in [-0.4, -0.2) is 24.8 Å². The molecule has 6 heteroatoms. The van der Waals surface area contributed by atoms with E-state index >= 15 is 0 Å². The highest BCUT2D eigenvalue weighted by Crippen LogP contribution is 2.03. The van der Waals surface area contributed by atoms with Gasteiger partial charge in [0.1, 0.15) is 4.98 Å². The first kappa shape index (κ1) is 10.6. The van der Waals surface area contributed by atoms with E-state index in [9.17, 15) is 8.42 Å². The van der Waals surface area contributed by atoms with Crippen LogP contribution in [0.25, 0.3) is 4.98 Å². The smallest absolute Gasteiger partial charge is 0.372 e. The Kier molecular flexibility index (Phi) is 3.90. The molecule has 1 rings (SSSR count). The summed E-state index contributed by atoms with van der Waals surface area (Å²) in [5, 5.41) is 8.36. The SMILES string of the molecule is N#[N+]C1C=CC=CC1=S(=O)=O.[OH-]. The number of diazo groups is 1. The number of hydrogen-bond donors (Lipinski definition) is 0. The normalized spacial score (nSPS) is 19.6. The van der Waals surface area contributed by atoms with Crippen LogP contribution in [0.1, 0.15) is 0 Å². The van der Waals surface area contributed by atoms with Gasteiger partial charge in [-0.25, -0.2) is 0 Å². The standard InChI is InChI=1S/C6H5N2O2S.H2O/c7-8-5-3-1-2-4-6(5)11(9)10;/h1-5H;1H2/q+1;/p-1. The zero-order valence-electron chi connectivity index (χ0n) is 5.95. The molecule has 0 aromatic rings. The summed E-state index contributed by atoms with van der Waals surface area (Å²) in [6, 6.07) is -0.738. The molecule has 64 valence electrons. The molecule has 0 aromatic carbocycles. The Morgan fingerprint density at radius 3 is 2.50 bits per heavy atom. The number of rotatable bonds is 0. The zero-order chi connectivity index (χ0) is 8.27. The topological polar surface area (TPSA) is 92.3 Å². The highest BCUT2D eigenvalue weighted by atomic mass is 32.2. The Bertz CT molecular complexity index is 378. The molecule has 5 nitrogen and oxygen atoms in total. The monoisotopic (exact) mass is 186 g/mol. The Morgan fingerprint density at radius 1 is 1.42 bits per heavy atom. The highest BCUT2D eigenvalue weighted by molar-refractivity contribution is 7.73. The Labute approximate surface area is 70.5 Å². The van der Waals surface area contributed by atoms with Crippen LogP contribution in [0.3, 0.4) is 0 Å². The molecule has 0 fully saturated rings. The van der Waals surface area contributed by atoms with E-state index in [1.165, 1.54) is 12.2 Å². The molecule has 1 unspecified atom stereocenters. The lowest BCUT2D eigenvalue weighted by molar-refractivity contribution is 0.627. The van der Waals surface area contributed by atoms with E-state index in [2.05, 4.69) is 4.98 Å². The molecule has 0 aromatic heterocycles. The van der Waals surface area contributed by atoms with Gasteiger partial charge in [0, 0.05) is 6.08 Å². The molecule has 0 amide bonds. The Hall–Kier alpha value is -1.45. The van der Waals surface area contributed by atoms with E-state index in [-0.39, 0.29) is 10.3 Å². The molecule has 0 saturated heterocycles. The van der Waals surface area contributed by atoms with Crippen molar-refractivity contribution < 1.29 is 13.9 Å². The van der Waals surface area contributed by atoms with Gasteiger partial charge in [-0.05, 0) is 6.08 Å². The third kappa shape index (κ3) is 2.02. The number of nitrogens with zero attached hydrogens (tertiary/aromatic N) is 2. The Balaban J connectivity index is 0.00000121. The molecule has 1 aliphatic rings. The minimum Gasteiger partial charge on any atom is -0.870 e. The van der Waals surface area contributed by atoms with E-state index in [0.717, 1.165) is 0 Å². The van der Waals surface area contributed by atoms with Gasteiger partial charge in [-0.3, -0.25) is 0 Å². The second-order valence-corrected chi connectivity index (χ2v) is 2.88. The predicted molar refractivity (Wildman–Crippen MR) is 43.0 cm³/mol. The molecular weight excluding hydrogens is 180 g/mol. The summed E-state index contributed by atoms with van der Waals surface area (Å²) in [5.74, 6) is 0. The molecule has 0 heterocycles. The fourth-order valence-electron chi connectivity index (χ4n) is 0.763. The Morgan fingerprint density at radius 2 is 2.08 bits per heavy atom. The molecule has 0 bridgehead atoms. The van der Waals surface area contributed by atoms with Gasteiger partial charge < -0.3 is 5.48 Å². The number of allylic oxidation sites excluding steroid dienone is 2. The maximum Gasteiger partial charge on any atom is 0.372 e. The van der Waals surface area contributed by atoms with E-state index in [1.54, 1.807) is 12.2 Å². The van der Waals surface area contributed by atoms with Crippen LogP contribution in [-0.2, 0) is 10.3 Å². The van der Waals surface area contributed by atoms with Gasteiger partial charge in [-0.1, -0.05) is 12.2 Å². The minimum atomic E-state index is -2.31. The van der Waals surface area contributed by atoms with Crippen molar-refractivity contribution in [2.24, 2.45) is 0 Å². The lowest BCUT2D eigenvalue weighted by atomic mass is 10.1. The molecular formula is C6H6N2O3S. The van der Waals surface area contributed by atoms with Gasteiger partial charge >= 0.3 is 6.04 Å². The lowest BCUT2D eigenvalue weighted by Gasteiger charge is -1.91. The molecule has 0 radical (unpaired) electrons. The predicted octanol–water partition coefficient (Wildman–Crippen LogP) is 0.209. The van der Waals surface area contributed by atoms with Crippen molar-refractivity contribution >= 4 is 15.2 Å². The van der Waals surface area contributed by atoms with Crippen molar-refractivity contribution in [1.29, 1.82) is 5.39 Å². The van der Waals surface area contributed by atoms with Crippen molar-refractivity contribution in [1.82, 2.24) is 0 Å². The summed E-state index contributed by atoms with van der Waals surface area (Å²) < 4.78 is 20.9. The first-order valence-electron chi connectivity index (χ1n) is 2.91. The highest BCUT2D eigenvalue weighted by Gasteiger charge is 2.24. The zero-order valence-corrected chi connectivity index (χ0v) is 6.77. The van der Waals surface area contributed by atoms with Crippen LogP contribution in [0.2, 0.25) is 0 Å². The molecule has 0 aliphatic heterocycles. The van der Waals surface area contributed by atoms with Crippen molar-refractivity contribution in [2.45, 2.75) is 6.04 Å². The van der Waals surface area contributed by atoms with Crippen LogP contribution in [0.4, 0.5) is 0 Å². The van der Waals surface area contributed by atoms with Crippen molar-refractivity contribution in [2.75, 3.05) is 0 Å². The molecule has 1 atom stereocenters. The van der Waals surface area contributed by atoms with E-state index < -0.39 is 16.3 Å². The maximum absolute atomic E-state index is 10.4. The quantitative estimate of drug-likeness (QED) is 0.399. The van der Waals surface area contributed by atoms with Gasteiger partial charge in [-0.2, -0.15) is 8.42 Å². The fraction of sp³-hybridized carbons (Fsp3) is 0.167. The van der Waals surface area contributed by atoms with Crippen molar-refractivity contribution in [3.63, 3.8) is 0 Å². The van der Waals surface area contributed by atoms with Gasteiger partial charge in [0.25, 0.3) is 0 Å². The first-order valence-corrected chi connectivity index (χ1v) is 3.98. The fourth-order valence-corrected chi connectivity index (χ4v) is 1.28. The van der Waals surface area contributed by atoms with Gasteiger partial charge in [0.2, 0.25) is 15.7 Å². The molecule has 1 N–H and O–H groups in total. The summed E-state index contributed by atoms with van der Waals surface area (Å²) in [7, 11) is -2.31. The van der Waals surface area contributed by atoms with Crippen LogP contribution in [0.5, 0.6) is 0 Å². The second kappa shape index (κ2) is 4.43. The second-order valence-electron chi connectivity index (χ2n) is 1.94. The average molecular weight is 186 g/mol. The summed E-state index contributed by atoms with van der Waals surface area (Å²) in [4.78, 5) is 2.96. The van der Waals surface area contributed by atoms with Crippen LogP contribution in [0.15, 0.2) is 24.3 Å². The van der Waals surface area contributed by atoms with E-state index in [0.29, 0.717) is 0 Å². The number of hydrogen-bond acceptors (Lipinski definition) is 4. The average Bonchev–Trinajstić information content (AvgIpc) is 2.04. The summed E-state index contributed by atoms with van der Waals surface area (Å²) in [6.07, 6.45) is 6.09. The third-order valence-electron chi connectivity index (χ3n) is 1.27. The molecule has 12 heavy (non-hydrogen) atoms. The lowest BCUT2D eigenvalue weighted by Crippen LogP contribution is -2.14.